The van der Waals surface area contributed by atoms with Crippen LogP contribution in [0.15, 0.2) is 12.3 Å². The molecule has 0 amide bonds. The molecule has 0 bridgehead atoms. The lowest BCUT2D eigenvalue weighted by Crippen LogP contribution is -1.97. The van der Waals surface area contributed by atoms with Crippen LogP contribution in [0.3, 0.4) is 0 Å². The van der Waals surface area contributed by atoms with Crippen LogP contribution in [-0.4, -0.2) is 11.6 Å². The minimum absolute atomic E-state index is 0.680. The van der Waals surface area contributed by atoms with E-state index in [0.29, 0.717) is 6.61 Å². The summed E-state index contributed by atoms with van der Waals surface area (Å²) in [5.74, 6) is 0.759. The van der Waals surface area contributed by atoms with Gasteiger partial charge in [0.05, 0.1) is 6.61 Å². The maximum Gasteiger partial charge on any atom is 0.216 e. The molecule has 66 valence electrons. The smallest absolute Gasteiger partial charge is 0.216 e. The van der Waals surface area contributed by atoms with Gasteiger partial charge in [0.15, 0.2) is 0 Å². The minimum Gasteiger partial charge on any atom is -0.478 e. The van der Waals surface area contributed by atoms with Crippen molar-refractivity contribution in [2.24, 2.45) is 0 Å². The van der Waals surface area contributed by atoms with E-state index in [2.05, 4.69) is 18.0 Å². The summed E-state index contributed by atoms with van der Waals surface area (Å²) in [7, 11) is 0. The largest absolute Gasteiger partial charge is 0.478 e. The van der Waals surface area contributed by atoms with Crippen LogP contribution >= 0.6 is 0 Å². The van der Waals surface area contributed by atoms with Gasteiger partial charge < -0.3 is 4.74 Å². The highest BCUT2D eigenvalue weighted by atomic mass is 16.5. The van der Waals surface area contributed by atoms with Gasteiger partial charge in [0.2, 0.25) is 5.88 Å². The Hall–Kier alpha value is -1.05. The molecule has 1 rings (SSSR count). The maximum absolute atomic E-state index is 5.33. The molecule has 1 heterocycles. The van der Waals surface area contributed by atoms with Gasteiger partial charge in [0, 0.05) is 11.8 Å². The van der Waals surface area contributed by atoms with Gasteiger partial charge in [-0.3, -0.25) is 0 Å². The fourth-order valence-corrected chi connectivity index (χ4v) is 1.10. The van der Waals surface area contributed by atoms with Crippen molar-refractivity contribution >= 4 is 0 Å². The van der Waals surface area contributed by atoms with Crippen molar-refractivity contribution in [1.29, 1.82) is 0 Å². The highest BCUT2D eigenvalue weighted by Gasteiger charge is 1.99. The first-order valence-corrected chi connectivity index (χ1v) is 4.36. The zero-order valence-corrected chi connectivity index (χ0v) is 7.92. The van der Waals surface area contributed by atoms with Gasteiger partial charge in [-0.2, -0.15) is 0 Å². The molecular weight excluding hydrogens is 150 g/mol. The second kappa shape index (κ2) is 4.10. The number of nitrogens with zero attached hydrogens (tertiary/aromatic N) is 1. The summed E-state index contributed by atoms with van der Waals surface area (Å²) in [6.07, 6.45) is 2.90. The van der Waals surface area contributed by atoms with E-state index in [0.717, 1.165) is 17.9 Å². The van der Waals surface area contributed by atoms with E-state index in [-0.39, 0.29) is 0 Å². The molecule has 0 aliphatic rings. The van der Waals surface area contributed by atoms with Gasteiger partial charge in [0.25, 0.3) is 0 Å². The number of pyridine rings is 1. The highest BCUT2D eigenvalue weighted by molar-refractivity contribution is 5.28. The standard InChI is InChI=1S/C10H15NO/c1-4-9-6-8(3)10(11-7-9)12-5-2/h6-7H,4-5H2,1-3H3. The molecule has 0 fully saturated rings. The minimum atomic E-state index is 0.680. The van der Waals surface area contributed by atoms with Gasteiger partial charge >= 0.3 is 0 Å². The molecule has 0 aliphatic heterocycles. The average Bonchev–Trinajstić information content (AvgIpc) is 2.09. The summed E-state index contributed by atoms with van der Waals surface area (Å²) in [6, 6.07) is 2.12. The van der Waals surface area contributed by atoms with Crippen LogP contribution in [0.4, 0.5) is 0 Å². The van der Waals surface area contributed by atoms with Gasteiger partial charge in [-0.1, -0.05) is 6.92 Å². The van der Waals surface area contributed by atoms with Crippen LogP contribution < -0.4 is 4.74 Å². The Balaban J connectivity index is 2.87. The van der Waals surface area contributed by atoms with Crippen molar-refractivity contribution in [3.63, 3.8) is 0 Å². The van der Waals surface area contributed by atoms with Crippen LogP contribution in [0.2, 0.25) is 0 Å². The molecule has 0 atom stereocenters. The maximum atomic E-state index is 5.33. The highest BCUT2D eigenvalue weighted by Crippen LogP contribution is 2.15. The molecule has 12 heavy (non-hydrogen) atoms. The number of hydrogen-bond donors (Lipinski definition) is 0. The summed E-state index contributed by atoms with van der Waals surface area (Å²) in [5, 5.41) is 0. The topological polar surface area (TPSA) is 22.1 Å². The van der Waals surface area contributed by atoms with Gasteiger partial charge in [-0.25, -0.2) is 4.98 Å². The fourth-order valence-electron chi connectivity index (χ4n) is 1.10. The van der Waals surface area contributed by atoms with Crippen LogP contribution in [-0.2, 0) is 6.42 Å². The summed E-state index contributed by atoms with van der Waals surface area (Å²) in [4.78, 5) is 4.22. The third-order valence-corrected chi connectivity index (χ3v) is 1.78. The Bertz CT molecular complexity index is 258. The summed E-state index contributed by atoms with van der Waals surface area (Å²) in [6.45, 7) is 6.79. The van der Waals surface area contributed by atoms with E-state index in [1.807, 2.05) is 20.0 Å². The first kappa shape index (κ1) is 9.04. The first-order valence-electron chi connectivity index (χ1n) is 4.36. The molecule has 0 saturated carbocycles. The lowest BCUT2D eigenvalue weighted by molar-refractivity contribution is 0.324. The molecule has 0 unspecified atom stereocenters. The normalized spacial score (nSPS) is 9.92. The number of hydrogen-bond acceptors (Lipinski definition) is 2. The van der Waals surface area contributed by atoms with Gasteiger partial charge in [-0.05, 0) is 31.9 Å². The molecule has 0 spiro atoms. The van der Waals surface area contributed by atoms with E-state index in [4.69, 9.17) is 4.74 Å². The Morgan fingerprint density at radius 1 is 1.42 bits per heavy atom. The predicted octanol–water partition coefficient (Wildman–Crippen LogP) is 2.35. The number of aryl methyl sites for hydroxylation is 2. The summed E-state index contributed by atoms with van der Waals surface area (Å²) >= 11 is 0. The van der Waals surface area contributed by atoms with Crippen molar-refractivity contribution in [2.45, 2.75) is 27.2 Å². The molecule has 0 aromatic carbocycles. The third-order valence-electron chi connectivity index (χ3n) is 1.78. The van der Waals surface area contributed by atoms with Crippen LogP contribution in [0.25, 0.3) is 0 Å². The molecule has 0 N–H and O–H groups in total. The molecule has 1 aromatic rings. The molecule has 0 radical (unpaired) electrons. The van der Waals surface area contributed by atoms with E-state index < -0.39 is 0 Å². The van der Waals surface area contributed by atoms with E-state index in [9.17, 15) is 0 Å². The van der Waals surface area contributed by atoms with Crippen LogP contribution in [0, 0.1) is 6.92 Å². The Morgan fingerprint density at radius 2 is 2.17 bits per heavy atom. The third kappa shape index (κ3) is 1.97. The molecule has 0 saturated heterocycles. The van der Waals surface area contributed by atoms with Crippen LogP contribution in [0.1, 0.15) is 25.0 Å². The second-order valence-corrected chi connectivity index (χ2v) is 2.75. The van der Waals surface area contributed by atoms with Crippen molar-refractivity contribution in [1.82, 2.24) is 4.98 Å². The number of rotatable bonds is 3. The van der Waals surface area contributed by atoms with Crippen molar-refractivity contribution in [2.75, 3.05) is 6.61 Å². The number of ether oxygens (including phenoxy) is 1. The average molecular weight is 165 g/mol. The summed E-state index contributed by atoms with van der Waals surface area (Å²) in [5.41, 5.74) is 2.38. The van der Waals surface area contributed by atoms with Crippen molar-refractivity contribution < 1.29 is 4.74 Å². The lowest BCUT2D eigenvalue weighted by Gasteiger charge is -2.06. The molecule has 2 nitrogen and oxygen atoms in total. The second-order valence-electron chi connectivity index (χ2n) is 2.75. The summed E-state index contributed by atoms with van der Waals surface area (Å²) < 4.78 is 5.33. The lowest BCUT2D eigenvalue weighted by atomic mass is 10.2. The Morgan fingerprint density at radius 3 is 2.67 bits per heavy atom. The zero-order valence-electron chi connectivity index (χ0n) is 7.92. The Kier molecular flexibility index (Phi) is 3.09. The van der Waals surface area contributed by atoms with E-state index >= 15 is 0 Å². The van der Waals surface area contributed by atoms with Crippen LogP contribution in [0.5, 0.6) is 5.88 Å². The fraction of sp³-hybridized carbons (Fsp3) is 0.500. The van der Waals surface area contributed by atoms with Crippen molar-refractivity contribution in [3.8, 4) is 5.88 Å². The van der Waals surface area contributed by atoms with Gasteiger partial charge in [-0.15, -0.1) is 0 Å². The SMILES string of the molecule is CCOc1ncc(CC)cc1C. The molecular formula is C10H15NO. The quantitative estimate of drug-likeness (QED) is 0.686. The molecule has 1 aromatic heterocycles. The zero-order chi connectivity index (χ0) is 8.97. The molecule has 2 heteroatoms. The first-order chi connectivity index (χ1) is 5.77. The number of aromatic nitrogens is 1. The predicted molar refractivity (Wildman–Crippen MR) is 49.5 cm³/mol. The van der Waals surface area contributed by atoms with E-state index in [1.54, 1.807) is 0 Å². The molecule has 0 aliphatic carbocycles. The monoisotopic (exact) mass is 165 g/mol. The van der Waals surface area contributed by atoms with Gasteiger partial charge in [0.1, 0.15) is 0 Å². The van der Waals surface area contributed by atoms with E-state index in [1.165, 1.54) is 5.56 Å². The van der Waals surface area contributed by atoms with Crippen molar-refractivity contribution in [3.05, 3.63) is 23.4 Å². The Labute approximate surface area is 73.6 Å².